The minimum absolute atomic E-state index is 0.0629. The Morgan fingerprint density at radius 3 is 2.10 bits per heavy atom. The van der Waals surface area contributed by atoms with Gasteiger partial charge in [0.2, 0.25) is 0 Å². The maximum Gasteiger partial charge on any atom is 0.122 e. The van der Waals surface area contributed by atoms with Gasteiger partial charge in [-0.15, -0.1) is 0 Å². The molecular formula is C15H19N3O2. The van der Waals surface area contributed by atoms with Crippen LogP contribution in [-0.4, -0.2) is 31.2 Å². The van der Waals surface area contributed by atoms with Crippen LogP contribution in [0.4, 0.5) is 0 Å². The van der Waals surface area contributed by atoms with Crippen molar-refractivity contribution in [3.05, 3.63) is 47.5 Å². The molecule has 1 unspecified atom stereocenters. The van der Waals surface area contributed by atoms with E-state index in [1.165, 1.54) is 0 Å². The Labute approximate surface area is 119 Å². The van der Waals surface area contributed by atoms with Crippen LogP contribution in [-0.2, 0) is 0 Å². The summed E-state index contributed by atoms with van der Waals surface area (Å²) in [7, 11) is 5.16. The molecule has 1 aromatic carbocycles. The molecule has 0 aliphatic heterocycles. The van der Waals surface area contributed by atoms with E-state index in [2.05, 4.69) is 15.3 Å². The summed E-state index contributed by atoms with van der Waals surface area (Å²) in [5, 5.41) is 3.24. The van der Waals surface area contributed by atoms with E-state index in [0.29, 0.717) is 0 Å². The second kappa shape index (κ2) is 6.34. The molecular weight excluding hydrogens is 254 g/mol. The summed E-state index contributed by atoms with van der Waals surface area (Å²) in [4.78, 5) is 8.72. The molecule has 1 aromatic heterocycles. The second-order valence-corrected chi connectivity index (χ2v) is 4.45. The van der Waals surface area contributed by atoms with Gasteiger partial charge in [0.1, 0.15) is 11.5 Å². The van der Waals surface area contributed by atoms with Crippen LogP contribution in [0.3, 0.4) is 0 Å². The molecule has 0 saturated carbocycles. The summed E-state index contributed by atoms with van der Waals surface area (Å²) in [5.74, 6) is 1.50. The number of nitrogens with one attached hydrogen (secondary N) is 1. The number of aromatic nitrogens is 2. The average Bonchev–Trinajstić information content (AvgIpc) is 2.49. The van der Waals surface area contributed by atoms with E-state index in [1.54, 1.807) is 26.6 Å². The van der Waals surface area contributed by atoms with Gasteiger partial charge in [-0.05, 0) is 31.7 Å². The molecule has 1 heterocycles. The first-order chi connectivity index (χ1) is 9.67. The molecule has 0 aliphatic carbocycles. The lowest BCUT2D eigenvalue weighted by Gasteiger charge is -2.17. The van der Waals surface area contributed by atoms with Gasteiger partial charge in [-0.2, -0.15) is 0 Å². The van der Waals surface area contributed by atoms with Gasteiger partial charge in [0.15, 0.2) is 0 Å². The minimum Gasteiger partial charge on any atom is -0.497 e. The predicted molar refractivity (Wildman–Crippen MR) is 77.2 cm³/mol. The zero-order valence-corrected chi connectivity index (χ0v) is 12.2. The highest BCUT2D eigenvalue weighted by Crippen LogP contribution is 2.28. The van der Waals surface area contributed by atoms with Gasteiger partial charge >= 0.3 is 0 Å². The van der Waals surface area contributed by atoms with E-state index in [9.17, 15) is 0 Å². The van der Waals surface area contributed by atoms with E-state index in [1.807, 2.05) is 32.2 Å². The molecule has 1 N–H and O–H groups in total. The second-order valence-electron chi connectivity index (χ2n) is 4.45. The molecule has 20 heavy (non-hydrogen) atoms. The predicted octanol–water partition coefficient (Wildman–Crippen LogP) is 2.11. The molecule has 5 nitrogen and oxygen atoms in total. The third-order valence-electron chi connectivity index (χ3n) is 3.09. The minimum atomic E-state index is -0.0629. The summed E-state index contributed by atoms with van der Waals surface area (Å²) in [5.41, 5.74) is 2.77. The van der Waals surface area contributed by atoms with Crippen LogP contribution >= 0.6 is 0 Å². The standard InChI is InChI=1S/C15H19N3O2/c1-10-8-18-14(9-17-10)15(16-2)11-5-12(19-3)7-13(6-11)20-4/h5-9,15-16H,1-4H3. The molecule has 0 spiro atoms. The van der Waals surface area contributed by atoms with Crippen molar-refractivity contribution in [3.63, 3.8) is 0 Å². The summed E-state index contributed by atoms with van der Waals surface area (Å²) in [6.07, 6.45) is 3.54. The summed E-state index contributed by atoms with van der Waals surface area (Å²) < 4.78 is 10.6. The van der Waals surface area contributed by atoms with E-state index in [4.69, 9.17) is 9.47 Å². The van der Waals surface area contributed by atoms with Crippen molar-refractivity contribution in [2.75, 3.05) is 21.3 Å². The maximum absolute atomic E-state index is 5.30. The fourth-order valence-electron chi connectivity index (χ4n) is 2.03. The summed E-state index contributed by atoms with van der Waals surface area (Å²) in [6, 6.07) is 5.71. The Kier molecular flexibility index (Phi) is 4.53. The summed E-state index contributed by atoms with van der Waals surface area (Å²) >= 11 is 0. The molecule has 2 rings (SSSR count). The summed E-state index contributed by atoms with van der Waals surface area (Å²) in [6.45, 7) is 1.92. The lowest BCUT2D eigenvalue weighted by atomic mass is 10.0. The van der Waals surface area contributed by atoms with Crippen molar-refractivity contribution in [3.8, 4) is 11.5 Å². The SMILES string of the molecule is CNC(c1cc(OC)cc(OC)c1)c1cnc(C)cn1. The molecule has 0 saturated heterocycles. The fraction of sp³-hybridized carbons (Fsp3) is 0.333. The Morgan fingerprint density at radius 2 is 1.65 bits per heavy atom. The van der Waals surface area contributed by atoms with Crippen LogP contribution in [0.25, 0.3) is 0 Å². The van der Waals surface area contributed by atoms with Crippen LogP contribution in [0.1, 0.15) is 23.0 Å². The van der Waals surface area contributed by atoms with Gasteiger partial charge in [-0.25, -0.2) is 0 Å². The molecule has 0 amide bonds. The van der Waals surface area contributed by atoms with E-state index < -0.39 is 0 Å². The molecule has 0 bridgehead atoms. The number of benzene rings is 1. The number of aryl methyl sites for hydroxylation is 1. The number of methoxy groups -OCH3 is 2. The maximum atomic E-state index is 5.30. The fourth-order valence-corrected chi connectivity index (χ4v) is 2.03. The number of rotatable bonds is 5. The molecule has 0 fully saturated rings. The van der Waals surface area contributed by atoms with Crippen molar-refractivity contribution in [1.29, 1.82) is 0 Å². The molecule has 1 atom stereocenters. The molecule has 2 aromatic rings. The molecule has 0 radical (unpaired) electrons. The van der Waals surface area contributed by atoms with Crippen molar-refractivity contribution >= 4 is 0 Å². The quantitative estimate of drug-likeness (QED) is 0.904. The first-order valence-electron chi connectivity index (χ1n) is 6.36. The van der Waals surface area contributed by atoms with Crippen LogP contribution in [0.5, 0.6) is 11.5 Å². The highest BCUT2D eigenvalue weighted by molar-refractivity contribution is 5.41. The van der Waals surface area contributed by atoms with Gasteiger partial charge in [0.05, 0.1) is 37.8 Å². The number of ether oxygens (including phenoxy) is 2. The number of nitrogens with zero attached hydrogens (tertiary/aromatic N) is 2. The number of hydrogen-bond donors (Lipinski definition) is 1. The first kappa shape index (κ1) is 14.3. The van der Waals surface area contributed by atoms with Crippen LogP contribution in [0, 0.1) is 6.92 Å². The van der Waals surface area contributed by atoms with Crippen LogP contribution < -0.4 is 14.8 Å². The van der Waals surface area contributed by atoms with Crippen LogP contribution in [0.2, 0.25) is 0 Å². The van der Waals surface area contributed by atoms with Crippen molar-refractivity contribution in [2.45, 2.75) is 13.0 Å². The van der Waals surface area contributed by atoms with Gasteiger partial charge < -0.3 is 14.8 Å². The van der Waals surface area contributed by atoms with Gasteiger partial charge in [0, 0.05) is 12.3 Å². The third-order valence-corrected chi connectivity index (χ3v) is 3.09. The Bertz CT molecular complexity index is 548. The van der Waals surface area contributed by atoms with Crippen LogP contribution in [0.15, 0.2) is 30.6 Å². The van der Waals surface area contributed by atoms with E-state index in [0.717, 1.165) is 28.5 Å². The third kappa shape index (κ3) is 3.05. The molecule has 106 valence electrons. The topological polar surface area (TPSA) is 56.3 Å². The monoisotopic (exact) mass is 273 g/mol. The Balaban J connectivity index is 2.42. The first-order valence-corrected chi connectivity index (χ1v) is 6.36. The van der Waals surface area contributed by atoms with Gasteiger partial charge in [-0.1, -0.05) is 0 Å². The smallest absolute Gasteiger partial charge is 0.122 e. The lowest BCUT2D eigenvalue weighted by molar-refractivity contribution is 0.392. The van der Waals surface area contributed by atoms with Crippen molar-refractivity contribution < 1.29 is 9.47 Å². The lowest BCUT2D eigenvalue weighted by Crippen LogP contribution is -2.19. The molecule has 0 aliphatic rings. The van der Waals surface area contributed by atoms with Gasteiger partial charge in [0.25, 0.3) is 0 Å². The zero-order chi connectivity index (χ0) is 14.5. The largest absolute Gasteiger partial charge is 0.497 e. The highest BCUT2D eigenvalue weighted by Gasteiger charge is 2.16. The normalized spacial score (nSPS) is 12.0. The van der Waals surface area contributed by atoms with E-state index in [-0.39, 0.29) is 6.04 Å². The molecule has 5 heteroatoms. The highest BCUT2D eigenvalue weighted by atomic mass is 16.5. The van der Waals surface area contributed by atoms with Crippen molar-refractivity contribution in [2.24, 2.45) is 0 Å². The number of hydrogen-bond acceptors (Lipinski definition) is 5. The average molecular weight is 273 g/mol. The Morgan fingerprint density at radius 1 is 1.00 bits per heavy atom. The van der Waals surface area contributed by atoms with Crippen molar-refractivity contribution in [1.82, 2.24) is 15.3 Å². The zero-order valence-electron chi connectivity index (χ0n) is 12.2. The van der Waals surface area contributed by atoms with E-state index >= 15 is 0 Å². The van der Waals surface area contributed by atoms with Gasteiger partial charge in [-0.3, -0.25) is 9.97 Å². The Hall–Kier alpha value is -2.14.